The van der Waals surface area contributed by atoms with Gasteiger partial charge in [0.1, 0.15) is 11.6 Å². The average molecular weight is 362 g/mol. The summed E-state index contributed by atoms with van der Waals surface area (Å²) in [5.74, 6) is 0.918. The Kier molecular flexibility index (Phi) is 4.42. The van der Waals surface area contributed by atoms with Gasteiger partial charge in [-0.3, -0.25) is 4.98 Å². The number of aromatic nitrogens is 2. The molecule has 0 saturated carbocycles. The molecule has 4 rings (SSSR count). The molecule has 2 aromatic carbocycles. The van der Waals surface area contributed by atoms with Crippen molar-refractivity contribution in [2.45, 2.75) is 6.04 Å². The van der Waals surface area contributed by atoms with Crippen LogP contribution in [0.1, 0.15) is 17.2 Å². The molecule has 4 aromatic rings. The molecule has 0 amide bonds. The maximum absolute atomic E-state index is 10.7. The van der Waals surface area contributed by atoms with Gasteiger partial charge < -0.3 is 10.4 Å². The first-order valence-corrected chi connectivity index (χ1v) is 8.60. The summed E-state index contributed by atoms with van der Waals surface area (Å²) in [5.41, 5.74) is 2.54. The van der Waals surface area contributed by atoms with Crippen molar-refractivity contribution in [3.05, 3.63) is 95.3 Å². The van der Waals surface area contributed by atoms with Crippen molar-refractivity contribution in [2.75, 3.05) is 5.32 Å². The molecule has 2 aromatic heterocycles. The largest absolute Gasteiger partial charge is 0.508 e. The Labute approximate surface area is 156 Å². The number of hydrogen-bond acceptors (Lipinski definition) is 4. The number of fused-ring (bicyclic) bond motifs is 1. The fourth-order valence-electron chi connectivity index (χ4n) is 3.04. The minimum atomic E-state index is -0.310. The van der Waals surface area contributed by atoms with E-state index in [9.17, 15) is 5.11 Å². The van der Waals surface area contributed by atoms with Crippen LogP contribution >= 0.6 is 11.6 Å². The monoisotopic (exact) mass is 361 g/mol. The Hall–Kier alpha value is -3.11. The topological polar surface area (TPSA) is 58.0 Å². The summed E-state index contributed by atoms with van der Waals surface area (Å²) in [6.07, 6.45) is 3.47. The molecule has 0 saturated heterocycles. The lowest BCUT2D eigenvalue weighted by molar-refractivity contribution is 0.468. The molecule has 128 valence electrons. The van der Waals surface area contributed by atoms with Crippen LogP contribution < -0.4 is 5.32 Å². The molecule has 2 N–H and O–H groups in total. The van der Waals surface area contributed by atoms with Gasteiger partial charge in [-0.1, -0.05) is 35.9 Å². The lowest BCUT2D eigenvalue weighted by atomic mass is 9.94. The van der Waals surface area contributed by atoms with E-state index >= 15 is 0 Å². The number of hydrogen-bond donors (Lipinski definition) is 2. The summed E-state index contributed by atoms with van der Waals surface area (Å²) < 4.78 is 0. The van der Waals surface area contributed by atoms with Crippen molar-refractivity contribution in [1.82, 2.24) is 9.97 Å². The van der Waals surface area contributed by atoms with E-state index in [1.54, 1.807) is 18.5 Å². The van der Waals surface area contributed by atoms with Crippen LogP contribution in [0.15, 0.2) is 79.1 Å². The third kappa shape index (κ3) is 3.19. The second-order valence-electron chi connectivity index (χ2n) is 5.91. The van der Waals surface area contributed by atoms with E-state index in [1.165, 1.54) is 0 Å². The molecule has 0 radical (unpaired) electrons. The number of nitrogens with one attached hydrogen (secondary N) is 1. The van der Waals surface area contributed by atoms with Crippen LogP contribution in [0.2, 0.25) is 5.02 Å². The van der Waals surface area contributed by atoms with Crippen LogP contribution in [-0.4, -0.2) is 15.1 Å². The van der Waals surface area contributed by atoms with Gasteiger partial charge in [0.15, 0.2) is 0 Å². The molecule has 5 heteroatoms. The van der Waals surface area contributed by atoms with Gasteiger partial charge in [-0.05, 0) is 48.0 Å². The Morgan fingerprint density at radius 1 is 0.846 bits per heavy atom. The second-order valence-corrected chi connectivity index (χ2v) is 6.35. The average Bonchev–Trinajstić information content (AvgIpc) is 2.68. The van der Waals surface area contributed by atoms with Gasteiger partial charge in [0.25, 0.3) is 0 Å². The Bertz CT molecular complexity index is 1040. The maximum atomic E-state index is 10.7. The fourth-order valence-corrected chi connectivity index (χ4v) is 3.17. The molecule has 2 heterocycles. The highest BCUT2D eigenvalue weighted by Gasteiger charge is 2.21. The fraction of sp³-hybridized carbons (Fsp3) is 0.0476. The number of anilines is 1. The first kappa shape index (κ1) is 16.4. The number of phenolic OH excluding ortho intramolecular Hbond substituents is 1. The van der Waals surface area contributed by atoms with E-state index in [1.807, 2.05) is 60.7 Å². The van der Waals surface area contributed by atoms with Gasteiger partial charge in [0.2, 0.25) is 0 Å². The van der Waals surface area contributed by atoms with Gasteiger partial charge in [-0.15, -0.1) is 0 Å². The van der Waals surface area contributed by atoms with Crippen molar-refractivity contribution < 1.29 is 5.11 Å². The van der Waals surface area contributed by atoms with Gasteiger partial charge in [-0.25, -0.2) is 4.98 Å². The molecule has 0 fully saturated rings. The summed E-state index contributed by atoms with van der Waals surface area (Å²) in [4.78, 5) is 8.77. The minimum absolute atomic E-state index is 0.203. The quantitative estimate of drug-likeness (QED) is 0.525. The number of halogens is 1. The van der Waals surface area contributed by atoms with Gasteiger partial charge in [0.05, 0.1) is 11.6 Å². The first-order chi connectivity index (χ1) is 12.7. The maximum Gasteiger partial charge on any atom is 0.126 e. The van der Waals surface area contributed by atoms with Crippen molar-refractivity contribution >= 4 is 28.3 Å². The lowest BCUT2D eigenvalue weighted by Crippen LogP contribution is -2.14. The van der Waals surface area contributed by atoms with Crippen LogP contribution in [-0.2, 0) is 0 Å². The number of rotatable bonds is 4. The SMILES string of the molecule is Oc1ccc2ncccc2c1[C@H](Nc1ccccn1)c1ccc(Cl)cc1. The van der Waals surface area contributed by atoms with E-state index in [2.05, 4.69) is 15.3 Å². The molecule has 0 aliphatic heterocycles. The zero-order chi connectivity index (χ0) is 17.9. The number of aromatic hydroxyl groups is 1. The number of phenols is 1. The molecule has 0 bridgehead atoms. The van der Waals surface area contributed by atoms with E-state index in [0.29, 0.717) is 10.8 Å². The third-order valence-corrected chi connectivity index (χ3v) is 4.50. The molecular weight excluding hydrogens is 346 g/mol. The summed E-state index contributed by atoms with van der Waals surface area (Å²) in [6.45, 7) is 0. The van der Waals surface area contributed by atoms with Gasteiger partial charge >= 0.3 is 0 Å². The first-order valence-electron chi connectivity index (χ1n) is 8.22. The smallest absolute Gasteiger partial charge is 0.126 e. The molecule has 26 heavy (non-hydrogen) atoms. The van der Waals surface area contributed by atoms with E-state index < -0.39 is 0 Å². The van der Waals surface area contributed by atoms with Crippen molar-refractivity contribution in [3.63, 3.8) is 0 Å². The Morgan fingerprint density at radius 2 is 1.65 bits per heavy atom. The highest BCUT2D eigenvalue weighted by atomic mass is 35.5. The van der Waals surface area contributed by atoms with Crippen LogP contribution in [0.5, 0.6) is 5.75 Å². The highest BCUT2D eigenvalue weighted by Crippen LogP contribution is 2.37. The Balaban J connectivity index is 1.91. The molecule has 4 nitrogen and oxygen atoms in total. The van der Waals surface area contributed by atoms with Crippen LogP contribution in [0.3, 0.4) is 0 Å². The summed E-state index contributed by atoms with van der Waals surface area (Å²) >= 11 is 6.06. The summed E-state index contributed by atoms with van der Waals surface area (Å²) in [5, 5.41) is 15.6. The number of nitrogens with zero attached hydrogens (tertiary/aromatic N) is 2. The molecular formula is C21H16ClN3O. The van der Waals surface area contributed by atoms with Crippen LogP contribution in [0.4, 0.5) is 5.82 Å². The molecule has 0 spiro atoms. The van der Waals surface area contributed by atoms with Crippen LogP contribution in [0, 0.1) is 0 Å². The standard InChI is InChI=1S/C21H16ClN3O/c22-15-8-6-14(7-9-15)21(25-19-5-1-2-12-24-19)20-16-4-3-13-23-17(16)10-11-18(20)26/h1-13,21,26H,(H,24,25)/t21-/m1/s1. The van der Waals surface area contributed by atoms with Crippen LogP contribution in [0.25, 0.3) is 10.9 Å². The molecule has 0 aliphatic rings. The lowest BCUT2D eigenvalue weighted by Gasteiger charge is -2.23. The zero-order valence-electron chi connectivity index (χ0n) is 13.8. The summed E-state index contributed by atoms with van der Waals surface area (Å²) in [6, 6.07) is 20.2. The molecule has 0 unspecified atom stereocenters. The third-order valence-electron chi connectivity index (χ3n) is 4.25. The molecule has 0 aliphatic carbocycles. The van der Waals surface area contributed by atoms with E-state index in [0.717, 1.165) is 22.0 Å². The highest BCUT2D eigenvalue weighted by molar-refractivity contribution is 6.30. The zero-order valence-corrected chi connectivity index (χ0v) is 14.6. The van der Waals surface area contributed by atoms with Gasteiger partial charge in [0, 0.05) is 28.4 Å². The van der Waals surface area contributed by atoms with Crippen molar-refractivity contribution in [3.8, 4) is 5.75 Å². The van der Waals surface area contributed by atoms with Crippen molar-refractivity contribution in [1.29, 1.82) is 0 Å². The number of pyridine rings is 2. The predicted octanol–water partition coefficient (Wildman–Crippen LogP) is 5.19. The summed E-state index contributed by atoms with van der Waals surface area (Å²) in [7, 11) is 0. The van der Waals surface area contributed by atoms with Crippen molar-refractivity contribution in [2.24, 2.45) is 0 Å². The predicted molar refractivity (Wildman–Crippen MR) is 105 cm³/mol. The van der Waals surface area contributed by atoms with E-state index in [4.69, 9.17) is 11.6 Å². The number of benzene rings is 2. The molecule has 1 atom stereocenters. The minimum Gasteiger partial charge on any atom is -0.508 e. The second kappa shape index (κ2) is 7.02. The van der Waals surface area contributed by atoms with Gasteiger partial charge in [-0.2, -0.15) is 0 Å². The van der Waals surface area contributed by atoms with E-state index in [-0.39, 0.29) is 11.8 Å². The Morgan fingerprint density at radius 3 is 2.42 bits per heavy atom. The normalized spacial score (nSPS) is 12.0.